The zero-order valence-electron chi connectivity index (χ0n) is 9.41. The van der Waals surface area contributed by atoms with Crippen molar-refractivity contribution in [2.24, 2.45) is 0 Å². The normalized spacial score (nSPS) is 9.50. The van der Waals surface area contributed by atoms with Crippen molar-refractivity contribution in [3.63, 3.8) is 0 Å². The Bertz CT molecular complexity index is 605. The first kappa shape index (κ1) is 11.7. The summed E-state index contributed by atoms with van der Waals surface area (Å²) in [6.45, 7) is 0.481. The van der Waals surface area contributed by atoms with Gasteiger partial charge in [0.1, 0.15) is 12.9 Å². The lowest BCUT2D eigenvalue weighted by molar-refractivity contribution is -0.129. The molecule has 0 unspecified atom stereocenters. The maximum atomic E-state index is 10.1. The van der Waals surface area contributed by atoms with Crippen molar-refractivity contribution in [2.75, 3.05) is 0 Å². The van der Waals surface area contributed by atoms with Crippen LogP contribution in [0.15, 0.2) is 36.7 Å². The molecule has 0 atom stereocenters. The standard InChI is InChI=1S/C13H9N3O2/c14-6-10-2-1-3-11(4-10)13-5-12(7-18-9-17)15-8-16-13/h1-5,8-9H,7H2. The van der Waals surface area contributed by atoms with Crippen molar-refractivity contribution in [1.29, 1.82) is 5.26 Å². The minimum absolute atomic E-state index is 0.108. The summed E-state index contributed by atoms with van der Waals surface area (Å²) >= 11 is 0. The minimum Gasteiger partial charge on any atom is -0.461 e. The lowest BCUT2D eigenvalue weighted by atomic mass is 10.1. The van der Waals surface area contributed by atoms with Gasteiger partial charge in [-0.3, -0.25) is 4.79 Å². The Morgan fingerprint density at radius 2 is 2.22 bits per heavy atom. The third-order valence-electron chi connectivity index (χ3n) is 2.31. The van der Waals surface area contributed by atoms with E-state index in [-0.39, 0.29) is 6.61 Å². The number of carbonyl (C=O) groups is 1. The molecule has 0 spiro atoms. The topological polar surface area (TPSA) is 75.9 Å². The molecule has 0 bridgehead atoms. The number of hydrogen-bond donors (Lipinski definition) is 0. The largest absolute Gasteiger partial charge is 0.461 e. The van der Waals surface area contributed by atoms with E-state index in [4.69, 9.17) is 5.26 Å². The first-order valence-corrected chi connectivity index (χ1v) is 5.20. The highest BCUT2D eigenvalue weighted by Gasteiger charge is 2.03. The molecule has 5 nitrogen and oxygen atoms in total. The van der Waals surface area contributed by atoms with E-state index in [0.717, 1.165) is 5.56 Å². The number of aromatic nitrogens is 2. The molecule has 0 saturated heterocycles. The second-order valence-electron chi connectivity index (χ2n) is 3.49. The lowest BCUT2D eigenvalue weighted by Gasteiger charge is -2.03. The van der Waals surface area contributed by atoms with Gasteiger partial charge in [-0.2, -0.15) is 5.26 Å². The summed E-state index contributed by atoms with van der Waals surface area (Å²) in [5.74, 6) is 0. The highest BCUT2D eigenvalue weighted by atomic mass is 16.5. The third-order valence-corrected chi connectivity index (χ3v) is 2.31. The molecule has 1 aromatic heterocycles. The van der Waals surface area contributed by atoms with E-state index >= 15 is 0 Å². The van der Waals surface area contributed by atoms with Gasteiger partial charge in [0.25, 0.3) is 6.47 Å². The van der Waals surface area contributed by atoms with Gasteiger partial charge >= 0.3 is 0 Å². The van der Waals surface area contributed by atoms with Crippen LogP contribution in [0.25, 0.3) is 11.3 Å². The molecular weight excluding hydrogens is 230 g/mol. The van der Waals surface area contributed by atoms with E-state index in [9.17, 15) is 4.79 Å². The summed E-state index contributed by atoms with van der Waals surface area (Å²) < 4.78 is 4.63. The van der Waals surface area contributed by atoms with Crippen molar-refractivity contribution in [2.45, 2.75) is 6.61 Å². The molecule has 2 rings (SSSR count). The van der Waals surface area contributed by atoms with Crippen molar-refractivity contribution >= 4 is 6.47 Å². The summed E-state index contributed by atoms with van der Waals surface area (Å²) in [4.78, 5) is 18.2. The van der Waals surface area contributed by atoms with Gasteiger partial charge < -0.3 is 4.74 Å². The number of ether oxygens (including phenoxy) is 1. The Morgan fingerprint density at radius 1 is 1.33 bits per heavy atom. The van der Waals surface area contributed by atoms with Crippen molar-refractivity contribution in [3.05, 3.63) is 47.9 Å². The molecule has 0 fully saturated rings. The molecule has 0 saturated carbocycles. The molecule has 0 N–H and O–H groups in total. The molecule has 18 heavy (non-hydrogen) atoms. The van der Waals surface area contributed by atoms with Crippen LogP contribution in [0.3, 0.4) is 0 Å². The maximum absolute atomic E-state index is 10.1. The third kappa shape index (κ3) is 2.68. The molecule has 1 heterocycles. The molecule has 88 valence electrons. The van der Waals surface area contributed by atoms with Crippen molar-refractivity contribution < 1.29 is 9.53 Å². The molecule has 0 radical (unpaired) electrons. The SMILES string of the molecule is N#Cc1cccc(-c2cc(COC=O)ncn2)c1. The number of rotatable bonds is 4. The predicted octanol–water partition coefficient (Wildman–Crippen LogP) is 1.69. The Labute approximate surface area is 104 Å². The number of carbonyl (C=O) groups excluding carboxylic acids is 1. The molecule has 2 aromatic rings. The van der Waals surface area contributed by atoms with Crippen LogP contribution >= 0.6 is 0 Å². The Morgan fingerprint density at radius 3 is 3.00 bits per heavy atom. The first-order valence-electron chi connectivity index (χ1n) is 5.20. The number of benzene rings is 1. The summed E-state index contributed by atoms with van der Waals surface area (Å²) in [7, 11) is 0. The van der Waals surface area contributed by atoms with Crippen LogP contribution in [0.1, 0.15) is 11.3 Å². The van der Waals surface area contributed by atoms with Crippen molar-refractivity contribution in [1.82, 2.24) is 9.97 Å². The van der Waals surface area contributed by atoms with Gasteiger partial charge in [0.2, 0.25) is 0 Å². The fourth-order valence-electron chi connectivity index (χ4n) is 1.50. The molecule has 1 aromatic carbocycles. The van der Waals surface area contributed by atoms with Crippen LogP contribution in [0.2, 0.25) is 0 Å². The Balaban J connectivity index is 2.32. The number of hydrogen-bond acceptors (Lipinski definition) is 5. The van der Waals surface area contributed by atoms with Crippen LogP contribution in [0.5, 0.6) is 0 Å². The van der Waals surface area contributed by atoms with E-state index in [2.05, 4.69) is 20.8 Å². The average molecular weight is 239 g/mol. The lowest BCUT2D eigenvalue weighted by Crippen LogP contribution is -1.96. The molecule has 0 amide bonds. The van der Waals surface area contributed by atoms with E-state index in [1.165, 1.54) is 6.33 Å². The van der Waals surface area contributed by atoms with Gasteiger partial charge in [0.05, 0.1) is 23.0 Å². The van der Waals surface area contributed by atoms with Crippen LogP contribution in [0, 0.1) is 11.3 Å². The molecule has 5 heteroatoms. The fraction of sp³-hybridized carbons (Fsp3) is 0.0769. The van der Waals surface area contributed by atoms with Crippen LogP contribution in [-0.4, -0.2) is 16.4 Å². The molecule has 0 aliphatic rings. The quantitative estimate of drug-likeness (QED) is 0.759. The maximum Gasteiger partial charge on any atom is 0.293 e. The van der Waals surface area contributed by atoms with Gasteiger partial charge in [-0.25, -0.2) is 9.97 Å². The summed E-state index contributed by atoms with van der Waals surface area (Å²) in [6.07, 6.45) is 1.40. The molecular formula is C13H9N3O2. The zero-order chi connectivity index (χ0) is 12.8. The smallest absolute Gasteiger partial charge is 0.293 e. The second-order valence-corrected chi connectivity index (χ2v) is 3.49. The van der Waals surface area contributed by atoms with Crippen LogP contribution < -0.4 is 0 Å². The van der Waals surface area contributed by atoms with Crippen molar-refractivity contribution in [3.8, 4) is 17.3 Å². The van der Waals surface area contributed by atoms with Gasteiger partial charge in [-0.1, -0.05) is 12.1 Å². The number of nitriles is 1. The average Bonchev–Trinajstić information content (AvgIpc) is 2.45. The highest BCUT2D eigenvalue weighted by Crippen LogP contribution is 2.18. The first-order chi connectivity index (χ1) is 8.83. The predicted molar refractivity (Wildman–Crippen MR) is 63.0 cm³/mol. The molecule has 0 aliphatic carbocycles. The summed E-state index contributed by atoms with van der Waals surface area (Å²) in [5.41, 5.74) is 2.68. The zero-order valence-corrected chi connectivity index (χ0v) is 9.41. The van der Waals surface area contributed by atoms with E-state index < -0.39 is 0 Å². The fourth-order valence-corrected chi connectivity index (χ4v) is 1.50. The Kier molecular flexibility index (Phi) is 3.62. The summed E-state index contributed by atoms with van der Waals surface area (Å²) in [5, 5.41) is 8.84. The van der Waals surface area contributed by atoms with Gasteiger partial charge in [-0.15, -0.1) is 0 Å². The van der Waals surface area contributed by atoms with Crippen LogP contribution in [-0.2, 0) is 16.1 Å². The monoisotopic (exact) mass is 239 g/mol. The van der Waals surface area contributed by atoms with E-state index in [1.807, 2.05) is 6.07 Å². The van der Waals surface area contributed by atoms with E-state index in [0.29, 0.717) is 23.4 Å². The highest BCUT2D eigenvalue weighted by molar-refractivity contribution is 5.61. The Hall–Kier alpha value is -2.74. The van der Waals surface area contributed by atoms with Gasteiger partial charge in [0.15, 0.2) is 0 Å². The second kappa shape index (κ2) is 5.55. The van der Waals surface area contributed by atoms with E-state index in [1.54, 1.807) is 24.3 Å². The summed E-state index contributed by atoms with van der Waals surface area (Å²) in [6, 6.07) is 10.9. The van der Waals surface area contributed by atoms with Gasteiger partial charge in [0, 0.05) is 5.56 Å². The minimum atomic E-state index is 0.108. The van der Waals surface area contributed by atoms with Gasteiger partial charge in [-0.05, 0) is 18.2 Å². The number of nitrogens with zero attached hydrogens (tertiary/aromatic N) is 3. The molecule has 0 aliphatic heterocycles. The van der Waals surface area contributed by atoms with Crippen LogP contribution in [0.4, 0.5) is 0 Å².